The van der Waals surface area contributed by atoms with Gasteiger partial charge in [-0.3, -0.25) is 14.5 Å². The number of aromatic nitrogens is 3. The van der Waals surface area contributed by atoms with E-state index in [2.05, 4.69) is 16.0 Å². The zero-order chi connectivity index (χ0) is 29.6. The highest BCUT2D eigenvalue weighted by Crippen LogP contribution is 2.51. The van der Waals surface area contributed by atoms with E-state index in [4.69, 9.17) is 5.10 Å². The molecule has 0 amide bonds. The quantitative estimate of drug-likeness (QED) is 0.311. The molecule has 9 heteroatoms. The van der Waals surface area contributed by atoms with Crippen LogP contribution >= 0.6 is 0 Å². The van der Waals surface area contributed by atoms with Crippen molar-refractivity contribution >= 4 is 11.5 Å². The van der Waals surface area contributed by atoms with Crippen LogP contribution < -0.4 is 4.90 Å². The van der Waals surface area contributed by atoms with Crippen LogP contribution in [0.15, 0.2) is 79.1 Å². The van der Waals surface area contributed by atoms with Gasteiger partial charge < -0.3 is 10.0 Å². The van der Waals surface area contributed by atoms with Crippen molar-refractivity contribution in [3.8, 4) is 0 Å². The zero-order valence-corrected chi connectivity index (χ0v) is 23.6. The second-order valence-electron chi connectivity index (χ2n) is 11.6. The van der Waals surface area contributed by atoms with Crippen molar-refractivity contribution in [2.75, 3.05) is 18.0 Å². The molecule has 2 unspecified atom stereocenters. The molecule has 0 bridgehead atoms. The summed E-state index contributed by atoms with van der Waals surface area (Å²) in [5.41, 5.74) is 1.64. The maximum atomic E-state index is 14.8. The van der Waals surface area contributed by atoms with Crippen molar-refractivity contribution in [2.24, 2.45) is 0 Å². The van der Waals surface area contributed by atoms with Crippen LogP contribution in [0, 0.1) is 6.92 Å². The predicted molar refractivity (Wildman–Crippen MR) is 154 cm³/mol. The van der Waals surface area contributed by atoms with Crippen LogP contribution in [0.3, 0.4) is 0 Å². The Morgan fingerprint density at radius 2 is 1.57 bits per heavy atom. The number of aliphatic hydroxyl groups is 1. The van der Waals surface area contributed by atoms with E-state index in [1.54, 1.807) is 17.1 Å². The molecule has 0 radical (unpaired) electrons. The number of fused-ring (bicyclic) bond motifs is 1. The first-order valence-electron chi connectivity index (χ1n) is 14.3. The van der Waals surface area contributed by atoms with Gasteiger partial charge in [0.1, 0.15) is 17.6 Å². The number of hydrogen-bond donors (Lipinski definition) is 1. The Labute approximate surface area is 242 Å². The van der Waals surface area contributed by atoms with E-state index >= 15 is 0 Å². The number of piperidine rings is 1. The Kier molecular flexibility index (Phi) is 7.17. The smallest absolute Gasteiger partial charge is 0.381 e. The number of nitrogens with zero attached hydrogens (tertiary/aromatic N) is 4. The predicted octanol–water partition coefficient (Wildman–Crippen LogP) is 6.13. The third-order valence-electron chi connectivity index (χ3n) is 8.73. The number of rotatable bonds is 5. The van der Waals surface area contributed by atoms with Gasteiger partial charge in [-0.05, 0) is 49.4 Å². The number of aryl methyl sites for hydroxylation is 1. The molecule has 4 aromatic rings. The molecular weight excluding hydrogens is 541 g/mol. The fourth-order valence-corrected chi connectivity index (χ4v) is 6.63. The highest BCUT2D eigenvalue weighted by atomic mass is 19.4. The van der Waals surface area contributed by atoms with E-state index in [-0.39, 0.29) is 23.6 Å². The van der Waals surface area contributed by atoms with Gasteiger partial charge in [-0.15, -0.1) is 0 Å². The second-order valence-corrected chi connectivity index (χ2v) is 11.6. The maximum absolute atomic E-state index is 14.8. The SMILES string of the molecule is Cc1cncc(N2CCC(c3nn(C(c4ccccc4)c4ccccc4)c4c3C(C(F)(F)F)C(C)(O)C(=O)C4)CC2)c1. The number of anilines is 1. The average Bonchev–Trinajstić information content (AvgIpc) is 3.31. The van der Waals surface area contributed by atoms with E-state index in [1.165, 1.54) is 0 Å². The number of carbonyl (C=O) groups excluding carboxylic acids is 1. The number of carbonyl (C=O) groups is 1. The lowest BCUT2D eigenvalue weighted by molar-refractivity contribution is -0.198. The topological polar surface area (TPSA) is 71.2 Å². The fourth-order valence-electron chi connectivity index (χ4n) is 6.63. The van der Waals surface area contributed by atoms with E-state index < -0.39 is 29.5 Å². The maximum Gasteiger partial charge on any atom is 0.399 e. The lowest BCUT2D eigenvalue weighted by Crippen LogP contribution is -2.52. The second kappa shape index (κ2) is 10.7. The van der Waals surface area contributed by atoms with E-state index in [9.17, 15) is 23.1 Å². The van der Waals surface area contributed by atoms with Gasteiger partial charge in [0, 0.05) is 30.8 Å². The summed E-state index contributed by atoms with van der Waals surface area (Å²) in [6, 6.07) is 20.5. The number of pyridine rings is 1. The lowest BCUT2D eigenvalue weighted by Gasteiger charge is -2.39. The minimum absolute atomic E-state index is 0.0420. The first-order valence-corrected chi connectivity index (χ1v) is 14.3. The molecule has 6 rings (SSSR count). The Morgan fingerprint density at radius 1 is 0.976 bits per heavy atom. The normalized spacial score (nSPS) is 21.5. The summed E-state index contributed by atoms with van der Waals surface area (Å²) in [7, 11) is 0. The van der Waals surface area contributed by atoms with Gasteiger partial charge in [0.15, 0.2) is 5.78 Å². The number of benzene rings is 2. The van der Waals surface area contributed by atoms with Crippen LogP contribution in [-0.2, 0) is 11.2 Å². The number of alkyl halides is 3. The van der Waals surface area contributed by atoms with E-state index in [0.717, 1.165) is 29.3 Å². The molecular formula is C33H33F3N4O2. The largest absolute Gasteiger partial charge is 0.399 e. The van der Waals surface area contributed by atoms with Crippen molar-refractivity contribution < 1.29 is 23.1 Å². The number of ketones is 1. The van der Waals surface area contributed by atoms with Gasteiger partial charge in [-0.2, -0.15) is 18.3 Å². The highest BCUT2D eigenvalue weighted by molar-refractivity contribution is 5.92. The number of Topliss-reactive ketones (excluding diaryl/α,β-unsaturated/α-hetero) is 1. The van der Waals surface area contributed by atoms with Crippen molar-refractivity contribution in [3.63, 3.8) is 0 Å². The Balaban J connectivity index is 1.50. The van der Waals surface area contributed by atoms with Crippen molar-refractivity contribution in [1.82, 2.24) is 14.8 Å². The lowest BCUT2D eigenvalue weighted by atomic mass is 9.71. The molecule has 1 aliphatic heterocycles. The highest BCUT2D eigenvalue weighted by Gasteiger charge is 2.60. The van der Waals surface area contributed by atoms with Crippen molar-refractivity contribution in [3.05, 3.63) is 113 Å². The van der Waals surface area contributed by atoms with Crippen LogP contribution in [0.4, 0.5) is 18.9 Å². The molecule has 1 aliphatic carbocycles. The summed E-state index contributed by atoms with van der Waals surface area (Å²) in [6.07, 6.45) is -0.420. The molecule has 6 nitrogen and oxygen atoms in total. The van der Waals surface area contributed by atoms with Crippen LogP contribution in [0.2, 0.25) is 0 Å². The van der Waals surface area contributed by atoms with E-state index in [0.29, 0.717) is 31.6 Å². The molecule has 2 aliphatic rings. The zero-order valence-electron chi connectivity index (χ0n) is 23.6. The van der Waals surface area contributed by atoms with E-state index in [1.807, 2.05) is 67.6 Å². The summed E-state index contributed by atoms with van der Waals surface area (Å²) in [4.78, 5) is 19.7. The monoisotopic (exact) mass is 574 g/mol. The standard InChI is InChI=1S/C33H33F3N4O2/c1-21-17-25(20-37-19-21)39-15-13-22(14-16-39)29-28-26(18-27(41)32(2,42)31(28)33(34,35)36)40(38-29)30(23-9-5-3-6-10-23)24-11-7-4-8-12-24/h3-12,17,19-20,22,30-31,42H,13-16,18H2,1-2H3. The minimum Gasteiger partial charge on any atom is -0.381 e. The van der Waals surface area contributed by atoms with Gasteiger partial charge >= 0.3 is 6.18 Å². The number of hydrogen-bond acceptors (Lipinski definition) is 5. The molecule has 2 atom stereocenters. The molecule has 2 aromatic carbocycles. The average molecular weight is 575 g/mol. The Hall–Kier alpha value is -3.98. The Morgan fingerprint density at radius 3 is 2.12 bits per heavy atom. The van der Waals surface area contributed by atoms with Gasteiger partial charge in [-0.25, -0.2) is 0 Å². The third kappa shape index (κ3) is 5.00. The summed E-state index contributed by atoms with van der Waals surface area (Å²) in [6.45, 7) is 4.23. The molecule has 1 N–H and O–H groups in total. The molecule has 3 heterocycles. The van der Waals surface area contributed by atoms with Crippen LogP contribution in [0.5, 0.6) is 0 Å². The minimum atomic E-state index is -4.85. The summed E-state index contributed by atoms with van der Waals surface area (Å²) >= 11 is 0. The molecule has 0 saturated carbocycles. The van der Waals surface area contributed by atoms with Crippen LogP contribution in [0.1, 0.15) is 71.3 Å². The summed E-state index contributed by atoms with van der Waals surface area (Å²) in [5, 5.41) is 16.1. The summed E-state index contributed by atoms with van der Waals surface area (Å²) in [5.74, 6) is -3.49. The molecule has 2 aromatic heterocycles. The molecule has 1 saturated heterocycles. The van der Waals surface area contributed by atoms with Gasteiger partial charge in [-0.1, -0.05) is 60.7 Å². The van der Waals surface area contributed by atoms with Gasteiger partial charge in [0.25, 0.3) is 0 Å². The fraction of sp³-hybridized carbons (Fsp3) is 0.364. The van der Waals surface area contributed by atoms with Crippen molar-refractivity contribution in [2.45, 2.75) is 62.8 Å². The molecule has 1 fully saturated rings. The molecule has 218 valence electrons. The molecule has 42 heavy (non-hydrogen) atoms. The van der Waals surface area contributed by atoms with Gasteiger partial charge in [0.05, 0.1) is 29.7 Å². The molecule has 0 spiro atoms. The first-order chi connectivity index (χ1) is 20.1. The van der Waals surface area contributed by atoms with Crippen molar-refractivity contribution in [1.29, 1.82) is 0 Å². The first kappa shape index (κ1) is 28.2. The van der Waals surface area contributed by atoms with Gasteiger partial charge in [0.2, 0.25) is 0 Å². The number of halogens is 3. The Bertz CT molecular complexity index is 1540. The third-order valence-corrected chi connectivity index (χ3v) is 8.73. The summed E-state index contributed by atoms with van der Waals surface area (Å²) < 4.78 is 46.2. The van der Waals surface area contributed by atoms with Crippen LogP contribution in [0.25, 0.3) is 0 Å². The van der Waals surface area contributed by atoms with Crippen LogP contribution in [-0.4, -0.2) is 50.5 Å².